The van der Waals surface area contributed by atoms with Gasteiger partial charge in [0.25, 0.3) is 0 Å². The summed E-state index contributed by atoms with van der Waals surface area (Å²) in [6.45, 7) is 8.67. The predicted molar refractivity (Wildman–Crippen MR) is 96.1 cm³/mol. The molecule has 114 valence electrons. The van der Waals surface area contributed by atoms with Crippen LogP contribution in [0.15, 0.2) is 36.4 Å². The Morgan fingerprint density at radius 2 is 1.00 bits per heavy atom. The lowest BCUT2D eigenvalue weighted by molar-refractivity contribution is 0.866. The maximum absolute atomic E-state index is 6.20. The van der Waals surface area contributed by atoms with Crippen LogP contribution in [-0.2, 0) is 0 Å². The molecule has 3 heteroatoms. The highest BCUT2D eigenvalue weighted by Crippen LogP contribution is 2.34. The third kappa shape index (κ3) is 3.70. The SMILES string of the molecule is CC(C)c1ccc(-c2ccc(C(C)C)cc2N)c(N)c1.Cl. The molecule has 2 aromatic carbocycles. The van der Waals surface area contributed by atoms with E-state index in [4.69, 9.17) is 11.5 Å². The van der Waals surface area contributed by atoms with Crippen LogP contribution in [0.1, 0.15) is 50.7 Å². The zero-order valence-corrected chi connectivity index (χ0v) is 14.0. The summed E-state index contributed by atoms with van der Waals surface area (Å²) in [5.74, 6) is 0.957. The molecule has 0 radical (unpaired) electrons. The van der Waals surface area contributed by atoms with Crippen LogP contribution in [0.25, 0.3) is 11.1 Å². The van der Waals surface area contributed by atoms with Gasteiger partial charge < -0.3 is 11.5 Å². The molecule has 21 heavy (non-hydrogen) atoms. The fraction of sp³-hybridized carbons (Fsp3) is 0.333. The predicted octanol–water partition coefficient (Wildman–Crippen LogP) is 5.19. The summed E-state index contributed by atoms with van der Waals surface area (Å²) in [6, 6.07) is 12.5. The molecule has 2 aromatic rings. The Kier molecular flexibility index (Phi) is 5.68. The standard InChI is InChI=1S/C18H24N2.ClH/c1-11(2)13-5-7-15(17(19)9-13)16-8-6-14(12(3)4)10-18(16)20;/h5-12H,19-20H2,1-4H3;1H. The van der Waals surface area contributed by atoms with Crippen molar-refractivity contribution >= 4 is 23.8 Å². The van der Waals surface area contributed by atoms with E-state index in [1.54, 1.807) is 0 Å². The average Bonchev–Trinajstić information content (AvgIpc) is 2.38. The van der Waals surface area contributed by atoms with Gasteiger partial charge in [-0.25, -0.2) is 0 Å². The third-order valence-corrected chi connectivity index (χ3v) is 3.77. The minimum atomic E-state index is 0. The molecule has 0 unspecified atom stereocenters. The highest BCUT2D eigenvalue weighted by molar-refractivity contribution is 5.85. The van der Waals surface area contributed by atoms with Gasteiger partial charge in [0.05, 0.1) is 0 Å². The Bertz CT molecular complexity index is 563. The normalized spacial score (nSPS) is 10.8. The molecular formula is C18H25ClN2. The van der Waals surface area contributed by atoms with E-state index in [9.17, 15) is 0 Å². The maximum atomic E-state index is 6.20. The molecule has 2 nitrogen and oxygen atoms in total. The number of hydrogen-bond donors (Lipinski definition) is 2. The summed E-state index contributed by atoms with van der Waals surface area (Å²) in [6.07, 6.45) is 0. The van der Waals surface area contributed by atoms with Gasteiger partial charge in [0.15, 0.2) is 0 Å². The Hall–Kier alpha value is -1.67. The minimum Gasteiger partial charge on any atom is -0.398 e. The molecule has 0 aliphatic heterocycles. The van der Waals surface area contributed by atoms with Crippen molar-refractivity contribution in [1.82, 2.24) is 0 Å². The number of nitrogen functional groups attached to an aromatic ring is 2. The van der Waals surface area contributed by atoms with E-state index in [0.29, 0.717) is 11.8 Å². The smallest absolute Gasteiger partial charge is 0.0397 e. The van der Waals surface area contributed by atoms with E-state index in [-0.39, 0.29) is 12.4 Å². The molecule has 0 atom stereocenters. The van der Waals surface area contributed by atoms with Gasteiger partial charge in [-0.3, -0.25) is 0 Å². The molecule has 0 saturated heterocycles. The fourth-order valence-electron chi connectivity index (χ4n) is 2.37. The number of anilines is 2. The first-order chi connectivity index (χ1) is 9.40. The van der Waals surface area contributed by atoms with Crippen molar-refractivity contribution in [3.8, 4) is 11.1 Å². The molecule has 0 spiro atoms. The van der Waals surface area contributed by atoms with Crippen molar-refractivity contribution in [2.24, 2.45) is 0 Å². The molecule has 0 fully saturated rings. The van der Waals surface area contributed by atoms with Crippen molar-refractivity contribution in [2.45, 2.75) is 39.5 Å². The summed E-state index contributed by atoms with van der Waals surface area (Å²) in [5, 5.41) is 0. The van der Waals surface area contributed by atoms with Crippen molar-refractivity contribution in [3.63, 3.8) is 0 Å². The molecule has 0 aliphatic carbocycles. The highest BCUT2D eigenvalue weighted by Gasteiger charge is 2.10. The van der Waals surface area contributed by atoms with E-state index in [1.165, 1.54) is 11.1 Å². The Morgan fingerprint density at radius 3 is 1.24 bits per heavy atom. The molecule has 2 rings (SSSR count). The molecule has 0 bridgehead atoms. The zero-order valence-electron chi connectivity index (χ0n) is 13.2. The molecule has 0 heterocycles. The average molecular weight is 305 g/mol. The van der Waals surface area contributed by atoms with Crippen LogP contribution in [0.5, 0.6) is 0 Å². The van der Waals surface area contributed by atoms with E-state index >= 15 is 0 Å². The second-order valence-corrected chi connectivity index (χ2v) is 6.00. The van der Waals surface area contributed by atoms with Gasteiger partial charge in [-0.1, -0.05) is 52.0 Å². The number of nitrogens with two attached hydrogens (primary N) is 2. The molecular weight excluding hydrogens is 280 g/mol. The molecule has 0 aliphatic rings. The summed E-state index contributed by atoms with van der Waals surface area (Å²) in [4.78, 5) is 0. The van der Waals surface area contributed by atoms with Crippen molar-refractivity contribution in [3.05, 3.63) is 47.5 Å². The summed E-state index contributed by atoms with van der Waals surface area (Å²) in [5.41, 5.74) is 18.5. The lowest BCUT2D eigenvalue weighted by Crippen LogP contribution is -1.98. The van der Waals surface area contributed by atoms with E-state index in [2.05, 4.69) is 64.1 Å². The van der Waals surface area contributed by atoms with Crippen molar-refractivity contribution < 1.29 is 0 Å². The lowest BCUT2D eigenvalue weighted by Gasteiger charge is -2.14. The Morgan fingerprint density at radius 1 is 0.667 bits per heavy atom. The van der Waals surface area contributed by atoms with Gasteiger partial charge in [-0.15, -0.1) is 12.4 Å². The van der Waals surface area contributed by atoms with Gasteiger partial charge in [-0.05, 0) is 35.1 Å². The van der Waals surface area contributed by atoms with E-state index < -0.39 is 0 Å². The van der Waals surface area contributed by atoms with Crippen LogP contribution in [0, 0.1) is 0 Å². The first kappa shape index (κ1) is 17.4. The molecule has 0 aromatic heterocycles. The van der Waals surface area contributed by atoms with Gasteiger partial charge in [0.1, 0.15) is 0 Å². The van der Waals surface area contributed by atoms with Gasteiger partial charge >= 0.3 is 0 Å². The summed E-state index contributed by atoms with van der Waals surface area (Å²) >= 11 is 0. The first-order valence-corrected chi connectivity index (χ1v) is 7.19. The largest absolute Gasteiger partial charge is 0.398 e. The highest BCUT2D eigenvalue weighted by atomic mass is 35.5. The summed E-state index contributed by atoms with van der Waals surface area (Å²) in [7, 11) is 0. The molecule has 0 amide bonds. The van der Waals surface area contributed by atoms with Gasteiger partial charge in [-0.2, -0.15) is 0 Å². The molecule has 4 N–H and O–H groups in total. The number of benzene rings is 2. The Balaban J connectivity index is 0.00000220. The minimum absolute atomic E-state index is 0. The molecule has 0 saturated carbocycles. The van der Waals surface area contributed by atoms with Crippen LogP contribution in [-0.4, -0.2) is 0 Å². The lowest BCUT2D eigenvalue weighted by atomic mass is 9.94. The van der Waals surface area contributed by atoms with Gasteiger partial charge in [0, 0.05) is 22.5 Å². The quantitative estimate of drug-likeness (QED) is 0.767. The van der Waals surface area contributed by atoms with Crippen LogP contribution >= 0.6 is 12.4 Å². The van der Waals surface area contributed by atoms with Crippen molar-refractivity contribution in [1.29, 1.82) is 0 Å². The van der Waals surface area contributed by atoms with Crippen LogP contribution in [0.3, 0.4) is 0 Å². The first-order valence-electron chi connectivity index (χ1n) is 7.19. The second-order valence-electron chi connectivity index (χ2n) is 6.00. The number of halogens is 1. The summed E-state index contributed by atoms with van der Waals surface area (Å²) < 4.78 is 0. The number of rotatable bonds is 3. The zero-order chi connectivity index (χ0) is 14.9. The monoisotopic (exact) mass is 304 g/mol. The fourth-order valence-corrected chi connectivity index (χ4v) is 2.37. The third-order valence-electron chi connectivity index (χ3n) is 3.77. The topological polar surface area (TPSA) is 52.0 Å². The number of hydrogen-bond acceptors (Lipinski definition) is 2. The van der Waals surface area contributed by atoms with Crippen molar-refractivity contribution in [2.75, 3.05) is 11.5 Å². The second kappa shape index (κ2) is 6.86. The van der Waals surface area contributed by atoms with Crippen LogP contribution in [0.4, 0.5) is 11.4 Å². The Labute approximate surface area is 134 Å². The van der Waals surface area contributed by atoms with Gasteiger partial charge in [0.2, 0.25) is 0 Å². The van der Waals surface area contributed by atoms with Crippen LogP contribution in [0.2, 0.25) is 0 Å². The van der Waals surface area contributed by atoms with Crippen LogP contribution < -0.4 is 11.5 Å². The maximum Gasteiger partial charge on any atom is 0.0397 e. The van der Waals surface area contributed by atoms with E-state index in [0.717, 1.165) is 22.5 Å². The van der Waals surface area contributed by atoms with E-state index in [1.807, 2.05) is 0 Å².